The van der Waals surface area contributed by atoms with Gasteiger partial charge in [-0.2, -0.15) is 4.98 Å². The third-order valence-corrected chi connectivity index (χ3v) is 4.61. The van der Waals surface area contributed by atoms with Gasteiger partial charge in [0.15, 0.2) is 5.82 Å². The van der Waals surface area contributed by atoms with E-state index in [1.165, 1.54) is 10.5 Å². The molecule has 3 rings (SSSR count). The van der Waals surface area contributed by atoms with Crippen molar-refractivity contribution in [3.63, 3.8) is 0 Å². The van der Waals surface area contributed by atoms with Gasteiger partial charge in [-0.15, -0.1) is 11.8 Å². The monoisotopic (exact) mass is 305 g/mol. The Morgan fingerprint density at radius 1 is 1.33 bits per heavy atom. The molecule has 0 radical (unpaired) electrons. The molecule has 2 heterocycles. The molecule has 0 amide bonds. The minimum Gasteiger partial charge on any atom is -0.381 e. The van der Waals surface area contributed by atoms with Crippen molar-refractivity contribution in [2.75, 3.05) is 13.2 Å². The highest BCUT2D eigenvalue weighted by atomic mass is 32.2. The lowest BCUT2D eigenvalue weighted by atomic mass is 9.97. The van der Waals surface area contributed by atoms with Crippen LogP contribution >= 0.6 is 11.8 Å². The Hall–Kier alpha value is -1.37. The van der Waals surface area contributed by atoms with Crippen LogP contribution in [0.1, 0.15) is 29.6 Å². The van der Waals surface area contributed by atoms with Crippen molar-refractivity contribution in [3.05, 3.63) is 41.5 Å². The van der Waals surface area contributed by atoms with E-state index in [1.807, 2.05) is 0 Å². The Morgan fingerprint density at radius 3 is 2.90 bits per heavy atom. The molecule has 0 bridgehead atoms. The fourth-order valence-electron chi connectivity index (χ4n) is 2.27. The number of hydrogen-bond acceptors (Lipinski definition) is 6. The lowest BCUT2D eigenvalue weighted by Gasteiger charge is -2.25. The number of nitrogens with two attached hydrogens (primary N) is 1. The second kappa shape index (κ2) is 6.60. The normalized spacial score (nSPS) is 22.4. The van der Waals surface area contributed by atoms with Gasteiger partial charge in [0.05, 0.1) is 18.3 Å². The number of hydrogen-bond donors (Lipinski definition) is 1. The molecule has 1 aromatic carbocycles. The zero-order valence-electron chi connectivity index (χ0n) is 12.0. The minimum atomic E-state index is 0.0179. The Morgan fingerprint density at radius 2 is 2.14 bits per heavy atom. The van der Waals surface area contributed by atoms with Crippen LogP contribution in [0.15, 0.2) is 33.7 Å². The summed E-state index contributed by atoms with van der Waals surface area (Å²) < 4.78 is 10.8. The van der Waals surface area contributed by atoms with E-state index in [2.05, 4.69) is 41.3 Å². The second-order valence-electron chi connectivity index (χ2n) is 5.28. The van der Waals surface area contributed by atoms with E-state index in [4.69, 9.17) is 15.0 Å². The lowest BCUT2D eigenvalue weighted by Crippen LogP contribution is -2.37. The van der Waals surface area contributed by atoms with E-state index >= 15 is 0 Å². The Kier molecular flexibility index (Phi) is 4.57. The SMILES string of the molecule is Cc1ccc(SCc2noc(C3COCCC3N)n2)cc1. The maximum atomic E-state index is 6.09. The first-order valence-electron chi connectivity index (χ1n) is 7.07. The summed E-state index contributed by atoms with van der Waals surface area (Å²) >= 11 is 1.70. The summed E-state index contributed by atoms with van der Waals surface area (Å²) in [5, 5.41) is 4.04. The summed E-state index contributed by atoms with van der Waals surface area (Å²) in [7, 11) is 0. The molecular weight excluding hydrogens is 286 g/mol. The number of nitrogens with zero attached hydrogens (tertiary/aromatic N) is 2. The number of thioether (sulfide) groups is 1. The molecule has 21 heavy (non-hydrogen) atoms. The van der Waals surface area contributed by atoms with Crippen LogP contribution < -0.4 is 5.73 Å². The van der Waals surface area contributed by atoms with E-state index in [9.17, 15) is 0 Å². The Balaban J connectivity index is 1.61. The molecule has 1 saturated heterocycles. The average Bonchev–Trinajstić information content (AvgIpc) is 2.96. The van der Waals surface area contributed by atoms with Crippen molar-refractivity contribution in [1.29, 1.82) is 0 Å². The third kappa shape index (κ3) is 3.64. The quantitative estimate of drug-likeness (QED) is 0.875. The van der Waals surface area contributed by atoms with Crippen molar-refractivity contribution in [2.24, 2.45) is 5.73 Å². The lowest BCUT2D eigenvalue weighted by molar-refractivity contribution is 0.0590. The topological polar surface area (TPSA) is 74.2 Å². The molecule has 112 valence electrons. The van der Waals surface area contributed by atoms with Crippen LogP contribution in [0.25, 0.3) is 0 Å². The fraction of sp³-hybridized carbons (Fsp3) is 0.467. The molecular formula is C15H19N3O2S. The molecule has 2 atom stereocenters. The van der Waals surface area contributed by atoms with E-state index < -0.39 is 0 Å². The van der Waals surface area contributed by atoms with E-state index in [0.717, 1.165) is 6.42 Å². The Bertz CT molecular complexity index is 585. The van der Waals surface area contributed by atoms with Gasteiger partial charge in [0.1, 0.15) is 0 Å². The van der Waals surface area contributed by atoms with Gasteiger partial charge in [-0.25, -0.2) is 0 Å². The van der Waals surface area contributed by atoms with Crippen molar-refractivity contribution in [1.82, 2.24) is 10.1 Å². The summed E-state index contributed by atoms with van der Waals surface area (Å²) in [6, 6.07) is 8.44. The third-order valence-electron chi connectivity index (χ3n) is 3.60. The number of benzene rings is 1. The minimum absolute atomic E-state index is 0.0179. The van der Waals surface area contributed by atoms with Crippen LogP contribution in [0, 0.1) is 6.92 Å². The number of rotatable bonds is 4. The predicted octanol–water partition coefficient (Wildman–Crippen LogP) is 2.50. The molecule has 1 aliphatic heterocycles. The van der Waals surface area contributed by atoms with E-state index in [-0.39, 0.29) is 12.0 Å². The van der Waals surface area contributed by atoms with E-state index in [0.29, 0.717) is 30.7 Å². The van der Waals surface area contributed by atoms with Crippen molar-refractivity contribution in [2.45, 2.75) is 36.0 Å². The first-order chi connectivity index (χ1) is 10.2. The van der Waals surface area contributed by atoms with Gasteiger partial charge < -0.3 is 15.0 Å². The summed E-state index contributed by atoms with van der Waals surface area (Å²) in [5.41, 5.74) is 7.34. The maximum Gasteiger partial charge on any atom is 0.233 e. The molecule has 1 fully saturated rings. The highest BCUT2D eigenvalue weighted by molar-refractivity contribution is 7.98. The van der Waals surface area contributed by atoms with Crippen molar-refractivity contribution >= 4 is 11.8 Å². The predicted molar refractivity (Wildman–Crippen MR) is 81.2 cm³/mol. The Labute approximate surface area is 128 Å². The van der Waals surface area contributed by atoms with Crippen LogP contribution in [0.4, 0.5) is 0 Å². The van der Waals surface area contributed by atoms with Gasteiger partial charge in [-0.05, 0) is 25.5 Å². The molecule has 1 aliphatic rings. The van der Waals surface area contributed by atoms with Gasteiger partial charge >= 0.3 is 0 Å². The summed E-state index contributed by atoms with van der Waals surface area (Å²) in [4.78, 5) is 5.66. The van der Waals surface area contributed by atoms with Gasteiger partial charge in [0, 0.05) is 17.5 Å². The van der Waals surface area contributed by atoms with Gasteiger partial charge in [0.2, 0.25) is 5.89 Å². The molecule has 1 aromatic heterocycles. The maximum absolute atomic E-state index is 6.09. The molecule has 0 spiro atoms. The first kappa shape index (κ1) is 14.6. The largest absolute Gasteiger partial charge is 0.381 e. The molecule has 0 aliphatic carbocycles. The highest BCUT2D eigenvalue weighted by Gasteiger charge is 2.29. The summed E-state index contributed by atoms with van der Waals surface area (Å²) in [5.74, 6) is 2.01. The second-order valence-corrected chi connectivity index (χ2v) is 6.33. The summed E-state index contributed by atoms with van der Waals surface area (Å²) in [6.45, 7) is 3.35. The van der Waals surface area contributed by atoms with Gasteiger partial charge in [0.25, 0.3) is 0 Å². The summed E-state index contributed by atoms with van der Waals surface area (Å²) in [6.07, 6.45) is 0.834. The van der Waals surface area contributed by atoms with Crippen LogP contribution in [0.3, 0.4) is 0 Å². The van der Waals surface area contributed by atoms with Crippen LogP contribution in [0.5, 0.6) is 0 Å². The van der Waals surface area contributed by atoms with Crippen molar-refractivity contribution < 1.29 is 9.26 Å². The molecule has 2 N–H and O–H groups in total. The van der Waals surface area contributed by atoms with Crippen LogP contribution in [-0.2, 0) is 10.5 Å². The highest BCUT2D eigenvalue weighted by Crippen LogP contribution is 2.25. The zero-order chi connectivity index (χ0) is 14.7. The number of aryl methyl sites for hydroxylation is 1. The molecule has 0 saturated carbocycles. The molecule has 2 unspecified atom stereocenters. The first-order valence-corrected chi connectivity index (χ1v) is 8.06. The molecule has 5 nitrogen and oxygen atoms in total. The molecule has 2 aromatic rings. The van der Waals surface area contributed by atoms with Gasteiger partial charge in [-0.1, -0.05) is 22.9 Å². The standard InChI is InChI=1S/C15H19N3O2S/c1-10-2-4-11(5-3-10)21-9-14-17-15(20-18-14)12-8-19-7-6-13(12)16/h2-5,12-13H,6-9,16H2,1H3. The smallest absolute Gasteiger partial charge is 0.233 e. The van der Waals surface area contributed by atoms with Crippen LogP contribution in [-0.4, -0.2) is 29.4 Å². The average molecular weight is 305 g/mol. The van der Waals surface area contributed by atoms with Gasteiger partial charge in [-0.3, -0.25) is 0 Å². The number of ether oxygens (including phenoxy) is 1. The number of aromatic nitrogens is 2. The van der Waals surface area contributed by atoms with E-state index in [1.54, 1.807) is 11.8 Å². The van der Waals surface area contributed by atoms with Crippen LogP contribution in [0.2, 0.25) is 0 Å². The molecule has 6 heteroatoms. The zero-order valence-corrected chi connectivity index (χ0v) is 12.8. The fourth-order valence-corrected chi connectivity index (χ4v) is 3.01. The van der Waals surface area contributed by atoms with Crippen molar-refractivity contribution in [3.8, 4) is 0 Å².